The summed E-state index contributed by atoms with van der Waals surface area (Å²) in [5, 5.41) is 2.29. The van der Waals surface area contributed by atoms with Crippen molar-refractivity contribution < 1.29 is 0 Å². The maximum atomic E-state index is 5.25. The molecule has 0 saturated carbocycles. The van der Waals surface area contributed by atoms with Crippen LogP contribution < -0.4 is 0 Å². The second kappa shape index (κ2) is 14.2. The lowest BCUT2D eigenvalue weighted by atomic mass is 9.69. The molecule has 0 radical (unpaired) electrons. The Balaban J connectivity index is 0.987. The molecule has 3 nitrogen and oxygen atoms in total. The summed E-state index contributed by atoms with van der Waals surface area (Å²) >= 11 is 0. The van der Waals surface area contributed by atoms with Crippen LogP contribution in [-0.2, 0) is 0 Å². The van der Waals surface area contributed by atoms with Gasteiger partial charge in [0.15, 0.2) is 5.82 Å². The van der Waals surface area contributed by atoms with Gasteiger partial charge >= 0.3 is 0 Å². The van der Waals surface area contributed by atoms with Crippen LogP contribution in [0.3, 0.4) is 0 Å². The molecule has 2 unspecified atom stereocenters. The Labute approximate surface area is 338 Å². The van der Waals surface area contributed by atoms with Gasteiger partial charge < -0.3 is 0 Å². The fourth-order valence-corrected chi connectivity index (χ4v) is 8.84. The minimum atomic E-state index is 0.320. The molecule has 272 valence electrons. The van der Waals surface area contributed by atoms with Gasteiger partial charge in [-0.25, -0.2) is 9.97 Å². The summed E-state index contributed by atoms with van der Waals surface area (Å²) in [7, 11) is 0. The van der Waals surface area contributed by atoms with Crippen LogP contribution in [-0.4, -0.2) is 15.0 Å². The van der Waals surface area contributed by atoms with Gasteiger partial charge in [0.05, 0.1) is 11.4 Å². The smallest absolute Gasteiger partial charge is 0.160 e. The lowest BCUT2D eigenvalue weighted by Crippen LogP contribution is -2.16. The normalized spacial score (nSPS) is 15.1. The van der Waals surface area contributed by atoms with Crippen LogP contribution in [0.2, 0.25) is 0 Å². The van der Waals surface area contributed by atoms with Crippen LogP contribution in [0.15, 0.2) is 213 Å². The number of fused-ring (bicyclic) bond motifs is 7. The second-order valence-electron chi connectivity index (χ2n) is 15.2. The molecule has 2 aliphatic rings. The predicted octanol–water partition coefficient (Wildman–Crippen LogP) is 14.0. The quantitative estimate of drug-likeness (QED) is 0.170. The molecule has 2 atom stereocenters. The van der Waals surface area contributed by atoms with Crippen molar-refractivity contribution in [1.82, 2.24) is 15.0 Å². The molecule has 0 aliphatic heterocycles. The molecule has 3 heteroatoms. The molecular formula is C55H37N3. The third-order valence-electron chi connectivity index (χ3n) is 11.8. The van der Waals surface area contributed by atoms with Crippen molar-refractivity contribution >= 4 is 10.8 Å². The number of rotatable bonds is 6. The molecule has 0 amide bonds. The van der Waals surface area contributed by atoms with Crippen LogP contribution in [0.25, 0.3) is 89.2 Å². The van der Waals surface area contributed by atoms with Crippen molar-refractivity contribution in [2.24, 2.45) is 0 Å². The first-order valence-electron chi connectivity index (χ1n) is 19.9. The van der Waals surface area contributed by atoms with Crippen LogP contribution >= 0.6 is 0 Å². The zero-order valence-corrected chi connectivity index (χ0v) is 31.7. The third-order valence-corrected chi connectivity index (χ3v) is 11.8. The fraction of sp³-hybridized carbons (Fsp3) is 0.0364. The Bertz CT molecular complexity index is 3050. The van der Waals surface area contributed by atoms with Crippen LogP contribution in [0.4, 0.5) is 0 Å². The van der Waals surface area contributed by atoms with Crippen molar-refractivity contribution in [3.8, 4) is 78.4 Å². The lowest BCUT2D eigenvalue weighted by molar-refractivity contribution is 0.720. The highest BCUT2D eigenvalue weighted by atomic mass is 14.9. The zero-order valence-electron chi connectivity index (χ0n) is 31.7. The highest BCUT2D eigenvalue weighted by Crippen LogP contribution is 2.50. The maximum Gasteiger partial charge on any atom is 0.160 e. The van der Waals surface area contributed by atoms with Gasteiger partial charge in [-0.1, -0.05) is 182 Å². The molecule has 0 saturated heterocycles. The molecule has 11 rings (SSSR count). The molecule has 0 N–H and O–H groups in total. The van der Waals surface area contributed by atoms with Gasteiger partial charge in [-0.2, -0.15) is 0 Å². The first-order chi connectivity index (χ1) is 28.7. The summed E-state index contributed by atoms with van der Waals surface area (Å²) < 4.78 is 0. The van der Waals surface area contributed by atoms with E-state index in [1.807, 2.05) is 18.5 Å². The van der Waals surface area contributed by atoms with E-state index in [0.29, 0.717) is 17.7 Å². The lowest BCUT2D eigenvalue weighted by Gasteiger charge is -2.34. The maximum absolute atomic E-state index is 5.25. The highest BCUT2D eigenvalue weighted by molar-refractivity contribution is 5.96. The second-order valence-corrected chi connectivity index (χ2v) is 15.2. The molecule has 7 aromatic carbocycles. The van der Waals surface area contributed by atoms with E-state index in [1.165, 1.54) is 49.9 Å². The number of hydrogen-bond acceptors (Lipinski definition) is 3. The van der Waals surface area contributed by atoms with Gasteiger partial charge in [0, 0.05) is 51.9 Å². The largest absolute Gasteiger partial charge is 0.263 e. The minimum absolute atomic E-state index is 0.320. The highest BCUT2D eigenvalue weighted by Gasteiger charge is 2.31. The van der Waals surface area contributed by atoms with E-state index < -0.39 is 0 Å². The third kappa shape index (κ3) is 6.05. The summed E-state index contributed by atoms with van der Waals surface area (Å²) in [6, 6.07) is 62.9. The van der Waals surface area contributed by atoms with E-state index >= 15 is 0 Å². The Morgan fingerprint density at radius 1 is 0.345 bits per heavy atom. The standard InChI is InChI=1S/C55H37N3/c1-2-11-36(12-3-1)37-21-25-39(26-22-37)53-33-54(43-15-10-14-42(31-43)52-35-56-34-44-13-4-5-16-45(44)52)58-55(57-53)40-27-23-38(24-28-40)41-29-30-50-48-19-7-6-17-46(48)47-18-8-9-20-49(47)51(50)32-41/h1-35,47,49H. The Morgan fingerprint density at radius 2 is 0.931 bits per heavy atom. The monoisotopic (exact) mass is 739 g/mol. The first-order valence-corrected chi connectivity index (χ1v) is 19.9. The average Bonchev–Trinajstić information content (AvgIpc) is 3.31. The van der Waals surface area contributed by atoms with E-state index in [0.717, 1.165) is 44.6 Å². The van der Waals surface area contributed by atoms with E-state index in [-0.39, 0.29) is 0 Å². The van der Waals surface area contributed by atoms with Gasteiger partial charge in [-0.05, 0) is 73.7 Å². The van der Waals surface area contributed by atoms with Gasteiger partial charge in [0.2, 0.25) is 0 Å². The molecule has 0 spiro atoms. The van der Waals surface area contributed by atoms with Crippen molar-refractivity contribution in [2.45, 2.75) is 11.8 Å². The number of benzene rings is 7. The van der Waals surface area contributed by atoms with Gasteiger partial charge in [-0.15, -0.1) is 0 Å². The van der Waals surface area contributed by atoms with Gasteiger partial charge in [0.1, 0.15) is 0 Å². The molecule has 2 heterocycles. The molecule has 0 fully saturated rings. The Hall–Kier alpha value is -7.49. The van der Waals surface area contributed by atoms with Crippen LogP contribution in [0.5, 0.6) is 0 Å². The molecule has 9 aromatic rings. The summed E-state index contributed by atoms with van der Waals surface area (Å²) in [5.74, 6) is 1.36. The van der Waals surface area contributed by atoms with E-state index in [9.17, 15) is 0 Å². The van der Waals surface area contributed by atoms with Gasteiger partial charge in [0.25, 0.3) is 0 Å². The van der Waals surface area contributed by atoms with E-state index in [2.05, 4.69) is 199 Å². The number of hydrogen-bond donors (Lipinski definition) is 0. The van der Waals surface area contributed by atoms with Crippen molar-refractivity contribution in [2.75, 3.05) is 0 Å². The summed E-state index contributed by atoms with van der Waals surface area (Å²) in [6.07, 6.45) is 13.0. The molecule has 2 aliphatic carbocycles. The molecule has 2 aromatic heterocycles. The zero-order chi connectivity index (χ0) is 38.4. The molecular weight excluding hydrogens is 703 g/mol. The number of allylic oxidation sites excluding steroid dienone is 4. The Morgan fingerprint density at radius 3 is 1.76 bits per heavy atom. The number of pyridine rings is 1. The number of aromatic nitrogens is 3. The van der Waals surface area contributed by atoms with Crippen molar-refractivity contribution in [1.29, 1.82) is 0 Å². The van der Waals surface area contributed by atoms with Gasteiger partial charge in [-0.3, -0.25) is 4.98 Å². The Kier molecular flexibility index (Phi) is 8.29. The summed E-state index contributed by atoms with van der Waals surface area (Å²) in [4.78, 5) is 15.0. The molecule has 58 heavy (non-hydrogen) atoms. The van der Waals surface area contributed by atoms with E-state index in [4.69, 9.17) is 9.97 Å². The minimum Gasteiger partial charge on any atom is -0.263 e. The van der Waals surface area contributed by atoms with Crippen LogP contribution in [0, 0.1) is 0 Å². The van der Waals surface area contributed by atoms with Crippen molar-refractivity contribution in [3.05, 3.63) is 224 Å². The first kappa shape index (κ1) is 33.8. The van der Waals surface area contributed by atoms with Crippen LogP contribution in [0.1, 0.15) is 23.0 Å². The molecule has 0 bridgehead atoms. The topological polar surface area (TPSA) is 38.7 Å². The van der Waals surface area contributed by atoms with Crippen molar-refractivity contribution in [3.63, 3.8) is 0 Å². The number of nitrogens with zero attached hydrogens (tertiary/aromatic N) is 3. The summed E-state index contributed by atoms with van der Waals surface area (Å²) in [5.41, 5.74) is 17.1. The SMILES string of the molecule is C1=CC2c3ccccc3-c3ccc(-c4ccc(-c5nc(-c6ccc(-c7ccccc7)cc6)cc(-c6cccc(-c7cncc8ccccc78)c6)n5)cc4)cc3C2C=C1. The summed E-state index contributed by atoms with van der Waals surface area (Å²) in [6.45, 7) is 0. The van der Waals surface area contributed by atoms with E-state index in [1.54, 1.807) is 0 Å². The average molecular weight is 740 g/mol. The predicted molar refractivity (Wildman–Crippen MR) is 239 cm³/mol. The fourth-order valence-electron chi connectivity index (χ4n) is 8.84.